The molecule has 2 bridgehead atoms. The summed E-state index contributed by atoms with van der Waals surface area (Å²) >= 11 is 0. The van der Waals surface area contributed by atoms with E-state index < -0.39 is 16.2 Å². The van der Waals surface area contributed by atoms with E-state index in [0.717, 1.165) is 18.0 Å². The normalized spacial score (nSPS) is 31.0. The lowest BCUT2D eigenvalue weighted by molar-refractivity contribution is -0.138. The largest absolute Gasteiger partial charge is 0.481 e. The molecule has 5 rings (SSSR count). The smallest absolute Gasteiger partial charge is 0.303 e. The number of carboxylic acid groups (broad SMARTS) is 1. The number of amides is 1. The van der Waals surface area contributed by atoms with Crippen LogP contribution in [0.5, 0.6) is 0 Å². The number of fused-ring (bicyclic) bond motifs is 2. The van der Waals surface area contributed by atoms with E-state index in [0.29, 0.717) is 69.1 Å². The van der Waals surface area contributed by atoms with Crippen molar-refractivity contribution in [1.29, 1.82) is 0 Å². The van der Waals surface area contributed by atoms with Crippen LogP contribution in [0.15, 0.2) is 11.6 Å². The molecule has 3 saturated carbocycles. The van der Waals surface area contributed by atoms with Crippen LogP contribution in [0.1, 0.15) is 65.2 Å². The molecule has 2 N–H and O–H groups in total. The Morgan fingerprint density at radius 2 is 1.70 bits per heavy atom. The van der Waals surface area contributed by atoms with Crippen LogP contribution in [0, 0.1) is 29.1 Å². The molecule has 0 aromatic rings. The molecule has 2 saturated heterocycles. The average molecular weight is 482 g/mol. The molecule has 3 atom stereocenters. The molecule has 0 aromatic carbocycles. The number of piperidine rings is 2. The van der Waals surface area contributed by atoms with Crippen LogP contribution < -0.4 is 5.32 Å². The van der Waals surface area contributed by atoms with Gasteiger partial charge in [0.1, 0.15) is 0 Å². The van der Waals surface area contributed by atoms with E-state index in [1.54, 1.807) is 6.08 Å². The van der Waals surface area contributed by atoms with Gasteiger partial charge in [-0.15, -0.1) is 0 Å². The maximum Gasteiger partial charge on any atom is 0.303 e. The Bertz CT molecular complexity index is 880. The minimum Gasteiger partial charge on any atom is -0.481 e. The fourth-order valence-corrected chi connectivity index (χ4v) is 8.22. The number of carbonyl (C=O) groups excluding carboxylic acids is 1. The summed E-state index contributed by atoms with van der Waals surface area (Å²) in [5.41, 5.74) is 1.42. The van der Waals surface area contributed by atoms with Crippen molar-refractivity contribution < 1.29 is 23.1 Å². The fourth-order valence-electron chi connectivity index (χ4n) is 6.58. The number of carboxylic acids is 1. The molecule has 0 spiro atoms. The van der Waals surface area contributed by atoms with E-state index >= 15 is 0 Å². The Labute approximate surface area is 198 Å². The second kappa shape index (κ2) is 9.66. The quantitative estimate of drug-likeness (QED) is 0.544. The van der Waals surface area contributed by atoms with E-state index in [2.05, 4.69) is 19.2 Å². The summed E-state index contributed by atoms with van der Waals surface area (Å²) in [6.45, 7) is 6.99. The van der Waals surface area contributed by atoms with Crippen molar-refractivity contribution in [2.24, 2.45) is 29.1 Å². The molecule has 0 aromatic heterocycles. The Hall–Kier alpha value is -1.45. The van der Waals surface area contributed by atoms with Gasteiger partial charge in [-0.2, -0.15) is 17.0 Å². The van der Waals surface area contributed by atoms with Gasteiger partial charge < -0.3 is 10.4 Å². The van der Waals surface area contributed by atoms with Gasteiger partial charge in [-0.05, 0) is 74.0 Å². The standard InChI is InChI=1S/C24H39N3O5S/c1-24(2)20-4-3-19(21(24)15-20)16-25-22(28)13-17-5-9-26(10-6-17)33(31,32)27-11-7-18(8-12-27)14-23(29)30/h13,18-21H,3-12,14-16H2,1-2H3,(H,25,28)(H,29,30)/t19-,20-,21-/m0/s1. The molecule has 3 aliphatic carbocycles. The molecule has 2 heterocycles. The third-order valence-electron chi connectivity index (χ3n) is 8.93. The van der Waals surface area contributed by atoms with E-state index in [4.69, 9.17) is 5.11 Å². The molecule has 5 aliphatic rings. The van der Waals surface area contributed by atoms with Gasteiger partial charge in [-0.25, -0.2) is 0 Å². The van der Waals surface area contributed by atoms with Crippen molar-refractivity contribution in [1.82, 2.24) is 13.9 Å². The van der Waals surface area contributed by atoms with Crippen LogP contribution in [0.2, 0.25) is 0 Å². The summed E-state index contributed by atoms with van der Waals surface area (Å²) in [5.74, 6) is 1.31. The second-order valence-corrected chi connectivity index (χ2v) is 13.0. The number of nitrogens with one attached hydrogen (secondary N) is 1. The lowest BCUT2D eigenvalue weighted by atomic mass is 9.45. The number of rotatable bonds is 7. The summed E-state index contributed by atoms with van der Waals surface area (Å²) in [5, 5.41) is 12.0. The number of hydrogen-bond acceptors (Lipinski definition) is 4. The van der Waals surface area contributed by atoms with Crippen LogP contribution in [-0.2, 0) is 19.8 Å². The van der Waals surface area contributed by atoms with Crippen LogP contribution in [-0.4, -0.2) is 66.7 Å². The molecule has 9 heteroatoms. The first-order valence-electron chi connectivity index (χ1n) is 12.5. The maximum absolute atomic E-state index is 13.0. The Balaban J connectivity index is 1.22. The minimum atomic E-state index is -3.53. The predicted molar refractivity (Wildman–Crippen MR) is 125 cm³/mol. The zero-order valence-corrected chi connectivity index (χ0v) is 20.8. The number of aliphatic carboxylic acids is 1. The predicted octanol–water partition coefficient (Wildman–Crippen LogP) is 2.63. The maximum atomic E-state index is 13.0. The Kier molecular flexibility index (Phi) is 7.22. The highest BCUT2D eigenvalue weighted by atomic mass is 32.2. The molecule has 33 heavy (non-hydrogen) atoms. The van der Waals surface area contributed by atoms with Crippen molar-refractivity contribution in [2.75, 3.05) is 32.7 Å². The highest BCUT2D eigenvalue weighted by Crippen LogP contribution is 2.61. The van der Waals surface area contributed by atoms with E-state index in [1.165, 1.54) is 27.9 Å². The van der Waals surface area contributed by atoms with Crippen molar-refractivity contribution in [3.05, 3.63) is 11.6 Å². The monoisotopic (exact) mass is 481 g/mol. The number of carbonyl (C=O) groups is 2. The zero-order valence-electron chi connectivity index (χ0n) is 20.0. The molecule has 0 radical (unpaired) electrons. The first-order chi connectivity index (χ1) is 15.6. The van der Waals surface area contributed by atoms with Gasteiger partial charge in [-0.1, -0.05) is 19.4 Å². The van der Waals surface area contributed by atoms with Crippen molar-refractivity contribution >= 4 is 22.1 Å². The van der Waals surface area contributed by atoms with Crippen LogP contribution in [0.3, 0.4) is 0 Å². The molecular formula is C24H39N3O5S. The first-order valence-corrected chi connectivity index (χ1v) is 13.9. The molecule has 1 amide bonds. The van der Waals surface area contributed by atoms with Gasteiger partial charge in [0.25, 0.3) is 10.2 Å². The summed E-state index contributed by atoms with van der Waals surface area (Å²) in [7, 11) is -3.53. The van der Waals surface area contributed by atoms with E-state index in [1.807, 2.05) is 0 Å². The minimum absolute atomic E-state index is 0.0498. The summed E-state index contributed by atoms with van der Waals surface area (Å²) in [4.78, 5) is 23.4. The Morgan fingerprint density at radius 1 is 1.06 bits per heavy atom. The Morgan fingerprint density at radius 3 is 2.27 bits per heavy atom. The lowest BCUT2D eigenvalue weighted by Crippen LogP contribution is -2.54. The zero-order chi connectivity index (χ0) is 23.8. The molecular weight excluding hydrogens is 442 g/mol. The van der Waals surface area contributed by atoms with Gasteiger partial charge in [0, 0.05) is 45.2 Å². The van der Waals surface area contributed by atoms with Crippen LogP contribution in [0.4, 0.5) is 0 Å². The van der Waals surface area contributed by atoms with Crippen molar-refractivity contribution in [3.63, 3.8) is 0 Å². The number of nitrogens with zero attached hydrogens (tertiary/aromatic N) is 2. The molecule has 8 nitrogen and oxygen atoms in total. The molecule has 0 unspecified atom stereocenters. The van der Waals surface area contributed by atoms with Crippen molar-refractivity contribution in [3.8, 4) is 0 Å². The second-order valence-electron chi connectivity index (χ2n) is 11.1. The van der Waals surface area contributed by atoms with Gasteiger partial charge in [0.15, 0.2) is 0 Å². The first kappa shape index (κ1) is 24.7. The third kappa shape index (κ3) is 5.30. The summed E-state index contributed by atoms with van der Waals surface area (Å²) in [6.07, 6.45) is 7.88. The van der Waals surface area contributed by atoms with Gasteiger partial charge in [0.05, 0.1) is 0 Å². The molecule has 2 aliphatic heterocycles. The summed E-state index contributed by atoms with van der Waals surface area (Å²) in [6, 6.07) is 0. The topological polar surface area (TPSA) is 107 Å². The average Bonchev–Trinajstić information content (AvgIpc) is 2.78. The van der Waals surface area contributed by atoms with Crippen LogP contribution in [0.25, 0.3) is 0 Å². The van der Waals surface area contributed by atoms with E-state index in [-0.39, 0.29) is 18.2 Å². The van der Waals surface area contributed by atoms with Gasteiger partial charge >= 0.3 is 5.97 Å². The summed E-state index contributed by atoms with van der Waals surface area (Å²) < 4.78 is 29.0. The van der Waals surface area contributed by atoms with Gasteiger partial charge in [0.2, 0.25) is 5.91 Å². The SMILES string of the molecule is CC1(C)[C@H]2CC[C@@H](CNC(=O)C=C3CCN(S(=O)(=O)N4CCC(CC(=O)O)CC4)CC3)[C@@H]1C2. The van der Waals surface area contributed by atoms with Crippen molar-refractivity contribution in [2.45, 2.75) is 65.2 Å². The highest BCUT2D eigenvalue weighted by Gasteiger charge is 2.53. The highest BCUT2D eigenvalue weighted by molar-refractivity contribution is 7.86. The molecule has 186 valence electrons. The van der Waals surface area contributed by atoms with E-state index in [9.17, 15) is 18.0 Å². The number of hydrogen-bond donors (Lipinski definition) is 2. The molecule has 5 fully saturated rings. The lowest BCUT2D eigenvalue weighted by Gasteiger charge is -2.60. The van der Waals surface area contributed by atoms with Crippen LogP contribution >= 0.6 is 0 Å². The van der Waals surface area contributed by atoms with Gasteiger partial charge in [-0.3, -0.25) is 9.59 Å². The third-order valence-corrected chi connectivity index (χ3v) is 11.0. The fraction of sp³-hybridized carbons (Fsp3) is 0.833.